The van der Waals surface area contributed by atoms with E-state index < -0.39 is 0 Å². The predicted octanol–water partition coefficient (Wildman–Crippen LogP) is 0.288. The van der Waals surface area contributed by atoms with Gasteiger partial charge in [0.2, 0.25) is 5.91 Å². The summed E-state index contributed by atoms with van der Waals surface area (Å²) in [5.74, 6) is 0.0974. The smallest absolute Gasteiger partial charge is 0.220 e. The molecular formula is C8H16N2O. The van der Waals surface area contributed by atoms with Crippen molar-refractivity contribution in [2.24, 2.45) is 0 Å². The van der Waals surface area contributed by atoms with Gasteiger partial charge in [-0.15, -0.1) is 6.58 Å². The van der Waals surface area contributed by atoms with Crippen LogP contribution in [-0.4, -0.2) is 26.0 Å². The van der Waals surface area contributed by atoms with Gasteiger partial charge in [-0.2, -0.15) is 0 Å². The van der Waals surface area contributed by atoms with Crippen LogP contribution in [0.25, 0.3) is 0 Å². The molecule has 1 amide bonds. The first-order valence-corrected chi connectivity index (χ1v) is 3.83. The minimum atomic E-state index is 0.0974. The lowest BCUT2D eigenvalue weighted by Crippen LogP contribution is -2.23. The van der Waals surface area contributed by atoms with E-state index >= 15 is 0 Å². The molecule has 0 aliphatic heterocycles. The molecule has 64 valence electrons. The molecule has 3 heteroatoms. The molecule has 0 rings (SSSR count). The van der Waals surface area contributed by atoms with Crippen LogP contribution in [-0.2, 0) is 4.79 Å². The summed E-state index contributed by atoms with van der Waals surface area (Å²) >= 11 is 0. The first kappa shape index (κ1) is 10.2. The van der Waals surface area contributed by atoms with Crippen LogP contribution in [0.4, 0.5) is 0 Å². The van der Waals surface area contributed by atoms with Crippen molar-refractivity contribution in [2.45, 2.75) is 12.8 Å². The van der Waals surface area contributed by atoms with Crippen molar-refractivity contribution in [3.63, 3.8) is 0 Å². The summed E-state index contributed by atoms with van der Waals surface area (Å²) in [5, 5.41) is 5.69. The van der Waals surface area contributed by atoms with Gasteiger partial charge < -0.3 is 10.6 Å². The van der Waals surface area contributed by atoms with E-state index in [-0.39, 0.29) is 5.91 Å². The third kappa shape index (κ3) is 7.06. The maximum Gasteiger partial charge on any atom is 0.220 e. The third-order valence-electron chi connectivity index (χ3n) is 1.27. The van der Waals surface area contributed by atoms with Crippen LogP contribution in [0.2, 0.25) is 0 Å². The summed E-state index contributed by atoms with van der Waals surface area (Å²) in [6, 6.07) is 0. The molecule has 2 N–H and O–H groups in total. The first-order valence-electron chi connectivity index (χ1n) is 3.83. The van der Waals surface area contributed by atoms with E-state index in [0.29, 0.717) is 13.0 Å². The summed E-state index contributed by atoms with van der Waals surface area (Å²) in [6.45, 7) is 4.96. The highest BCUT2D eigenvalue weighted by Gasteiger charge is 1.96. The lowest BCUT2D eigenvalue weighted by atomic mass is 10.3. The summed E-state index contributed by atoms with van der Waals surface area (Å²) in [5.41, 5.74) is 0. The van der Waals surface area contributed by atoms with Gasteiger partial charge in [0.15, 0.2) is 0 Å². The second-order valence-corrected chi connectivity index (χ2v) is 2.30. The Bertz CT molecular complexity index is 123. The van der Waals surface area contributed by atoms with Crippen LogP contribution >= 0.6 is 0 Å². The van der Waals surface area contributed by atoms with Crippen molar-refractivity contribution < 1.29 is 4.79 Å². The van der Waals surface area contributed by atoms with Crippen LogP contribution in [0.3, 0.4) is 0 Å². The van der Waals surface area contributed by atoms with Gasteiger partial charge in [-0.25, -0.2) is 0 Å². The van der Waals surface area contributed by atoms with Gasteiger partial charge in [0, 0.05) is 13.0 Å². The van der Waals surface area contributed by atoms with E-state index in [1.54, 1.807) is 6.08 Å². The second-order valence-electron chi connectivity index (χ2n) is 2.30. The minimum absolute atomic E-state index is 0.0974. The lowest BCUT2D eigenvalue weighted by molar-refractivity contribution is -0.120. The zero-order valence-corrected chi connectivity index (χ0v) is 7.02. The van der Waals surface area contributed by atoms with Gasteiger partial charge in [0.05, 0.1) is 0 Å². The van der Waals surface area contributed by atoms with E-state index in [1.807, 2.05) is 7.05 Å². The number of amides is 1. The van der Waals surface area contributed by atoms with Crippen LogP contribution < -0.4 is 10.6 Å². The van der Waals surface area contributed by atoms with Crippen molar-refractivity contribution in [2.75, 3.05) is 20.1 Å². The third-order valence-corrected chi connectivity index (χ3v) is 1.27. The fraction of sp³-hybridized carbons (Fsp3) is 0.625. The van der Waals surface area contributed by atoms with E-state index in [9.17, 15) is 4.79 Å². The van der Waals surface area contributed by atoms with Crippen LogP contribution in [0.15, 0.2) is 12.7 Å². The van der Waals surface area contributed by atoms with E-state index in [2.05, 4.69) is 17.2 Å². The van der Waals surface area contributed by atoms with Crippen molar-refractivity contribution in [3.05, 3.63) is 12.7 Å². The molecule has 0 heterocycles. The molecule has 0 spiro atoms. The van der Waals surface area contributed by atoms with E-state index in [0.717, 1.165) is 13.0 Å². The highest BCUT2D eigenvalue weighted by atomic mass is 16.1. The highest BCUT2D eigenvalue weighted by molar-refractivity contribution is 5.75. The number of rotatable bonds is 6. The second kappa shape index (κ2) is 7.28. The summed E-state index contributed by atoms with van der Waals surface area (Å²) in [4.78, 5) is 10.9. The Hall–Kier alpha value is -0.830. The average Bonchev–Trinajstić information content (AvgIpc) is 2.01. The average molecular weight is 156 g/mol. The zero-order chi connectivity index (χ0) is 8.53. The quantitative estimate of drug-likeness (QED) is 0.428. The Balaban J connectivity index is 3.15. The predicted molar refractivity (Wildman–Crippen MR) is 46.4 cm³/mol. The number of carbonyl (C=O) groups is 1. The van der Waals surface area contributed by atoms with Crippen molar-refractivity contribution in [1.82, 2.24) is 10.6 Å². The number of hydrogen-bond acceptors (Lipinski definition) is 2. The molecule has 0 fully saturated rings. The fourth-order valence-corrected chi connectivity index (χ4v) is 0.700. The molecule has 0 saturated carbocycles. The molecule has 0 aliphatic carbocycles. The van der Waals surface area contributed by atoms with Crippen LogP contribution in [0.1, 0.15) is 12.8 Å². The molecule has 3 nitrogen and oxygen atoms in total. The number of nitrogens with one attached hydrogen (secondary N) is 2. The SMILES string of the molecule is C=CCNC(=O)CCCNC. The highest BCUT2D eigenvalue weighted by Crippen LogP contribution is 1.85. The normalized spacial score (nSPS) is 9.18. The fourth-order valence-electron chi connectivity index (χ4n) is 0.700. The molecule has 0 aromatic rings. The molecule has 0 atom stereocenters. The van der Waals surface area contributed by atoms with E-state index in [4.69, 9.17) is 0 Å². The molecule has 0 aliphatic rings. The van der Waals surface area contributed by atoms with Gasteiger partial charge in [0.25, 0.3) is 0 Å². The van der Waals surface area contributed by atoms with Crippen molar-refractivity contribution in [3.8, 4) is 0 Å². The minimum Gasteiger partial charge on any atom is -0.353 e. The monoisotopic (exact) mass is 156 g/mol. The van der Waals surface area contributed by atoms with Gasteiger partial charge in [0.1, 0.15) is 0 Å². The molecule has 0 bridgehead atoms. The topological polar surface area (TPSA) is 41.1 Å². The Labute approximate surface area is 67.9 Å². The Morgan fingerprint density at radius 1 is 1.64 bits per heavy atom. The zero-order valence-electron chi connectivity index (χ0n) is 7.02. The molecule has 0 radical (unpaired) electrons. The summed E-state index contributed by atoms with van der Waals surface area (Å²) in [6.07, 6.45) is 3.16. The molecular weight excluding hydrogens is 140 g/mol. The number of carbonyl (C=O) groups excluding carboxylic acids is 1. The Morgan fingerprint density at radius 3 is 2.91 bits per heavy atom. The molecule has 0 saturated heterocycles. The van der Waals surface area contributed by atoms with Gasteiger partial charge in [-0.1, -0.05) is 6.08 Å². The molecule has 0 aromatic carbocycles. The molecule has 11 heavy (non-hydrogen) atoms. The van der Waals surface area contributed by atoms with Gasteiger partial charge >= 0.3 is 0 Å². The maximum absolute atomic E-state index is 10.9. The van der Waals surface area contributed by atoms with Crippen LogP contribution in [0, 0.1) is 0 Å². The summed E-state index contributed by atoms with van der Waals surface area (Å²) in [7, 11) is 1.88. The largest absolute Gasteiger partial charge is 0.353 e. The Kier molecular flexibility index (Phi) is 6.73. The first-order chi connectivity index (χ1) is 5.31. The van der Waals surface area contributed by atoms with Crippen LogP contribution in [0.5, 0.6) is 0 Å². The van der Waals surface area contributed by atoms with E-state index in [1.165, 1.54) is 0 Å². The molecule has 0 unspecified atom stereocenters. The standard InChI is InChI=1S/C8H16N2O/c1-3-6-10-8(11)5-4-7-9-2/h3,9H,1,4-7H2,2H3,(H,10,11). The van der Waals surface area contributed by atoms with Gasteiger partial charge in [-0.3, -0.25) is 4.79 Å². The Morgan fingerprint density at radius 2 is 2.36 bits per heavy atom. The maximum atomic E-state index is 10.9. The van der Waals surface area contributed by atoms with Crippen molar-refractivity contribution >= 4 is 5.91 Å². The summed E-state index contributed by atoms with van der Waals surface area (Å²) < 4.78 is 0. The number of hydrogen-bond donors (Lipinski definition) is 2. The van der Waals surface area contributed by atoms with Gasteiger partial charge in [-0.05, 0) is 20.0 Å². The molecule has 0 aromatic heterocycles. The lowest BCUT2D eigenvalue weighted by Gasteiger charge is -2.00. The van der Waals surface area contributed by atoms with Crippen molar-refractivity contribution in [1.29, 1.82) is 0 Å².